The van der Waals surface area contributed by atoms with Gasteiger partial charge in [0.25, 0.3) is 5.56 Å². The van der Waals surface area contributed by atoms with Gasteiger partial charge in [-0.2, -0.15) is 8.42 Å². The molecular weight excluding hydrogens is 290 g/mol. The van der Waals surface area contributed by atoms with Gasteiger partial charge < -0.3 is 9.17 Å². The monoisotopic (exact) mass is 301 g/mol. The molecule has 106 valence electrons. The molecule has 3 aromatic rings. The van der Waals surface area contributed by atoms with Crippen LogP contribution in [0.5, 0.6) is 5.75 Å². The Balaban J connectivity index is 2.12. The third kappa shape index (κ3) is 2.66. The van der Waals surface area contributed by atoms with Crippen molar-refractivity contribution in [2.45, 2.75) is 4.90 Å². The molecule has 0 spiro atoms. The Kier molecular flexibility index (Phi) is 3.23. The summed E-state index contributed by atoms with van der Waals surface area (Å²) in [6.45, 7) is 0. The second-order valence-corrected chi connectivity index (χ2v) is 5.94. The normalized spacial score (nSPS) is 11.4. The first kappa shape index (κ1) is 13.4. The van der Waals surface area contributed by atoms with Crippen molar-refractivity contribution >= 4 is 21.0 Å². The van der Waals surface area contributed by atoms with Crippen LogP contribution < -0.4 is 9.74 Å². The lowest BCUT2D eigenvalue weighted by molar-refractivity contribution is 0.488. The summed E-state index contributed by atoms with van der Waals surface area (Å²) >= 11 is 0. The van der Waals surface area contributed by atoms with Crippen LogP contribution in [0.4, 0.5) is 0 Å². The van der Waals surface area contributed by atoms with Crippen molar-refractivity contribution in [3.05, 3.63) is 71.0 Å². The van der Waals surface area contributed by atoms with Gasteiger partial charge in [-0.25, -0.2) is 0 Å². The van der Waals surface area contributed by atoms with Gasteiger partial charge in [-0.15, -0.1) is 0 Å². The Labute approximate surface area is 120 Å². The van der Waals surface area contributed by atoms with Gasteiger partial charge in [0.1, 0.15) is 4.90 Å². The molecule has 0 saturated heterocycles. The quantitative estimate of drug-likeness (QED) is 0.753. The fourth-order valence-corrected chi connectivity index (χ4v) is 2.96. The number of rotatable bonds is 3. The fourth-order valence-electron chi connectivity index (χ4n) is 2.00. The van der Waals surface area contributed by atoms with Crippen LogP contribution in [0.15, 0.2) is 70.4 Å². The minimum Gasteiger partial charge on any atom is -0.378 e. The molecule has 0 atom stereocenters. The Bertz CT molecular complexity index is 946. The van der Waals surface area contributed by atoms with Crippen LogP contribution in [0.2, 0.25) is 0 Å². The Morgan fingerprint density at radius 2 is 1.57 bits per heavy atom. The highest BCUT2D eigenvalue weighted by Gasteiger charge is 2.18. The number of aromatic nitrogens is 1. The van der Waals surface area contributed by atoms with Crippen LogP contribution in [-0.2, 0) is 10.1 Å². The molecule has 1 N–H and O–H groups in total. The fraction of sp³-hybridized carbons (Fsp3) is 0. The summed E-state index contributed by atoms with van der Waals surface area (Å²) in [5.41, 5.74) is 0.0928. The highest BCUT2D eigenvalue weighted by molar-refractivity contribution is 7.87. The highest BCUT2D eigenvalue weighted by atomic mass is 32.2. The van der Waals surface area contributed by atoms with Crippen molar-refractivity contribution < 1.29 is 12.6 Å². The van der Waals surface area contributed by atoms with E-state index < -0.39 is 15.7 Å². The number of H-pyrrole nitrogens is 1. The lowest BCUT2D eigenvalue weighted by Gasteiger charge is -2.09. The van der Waals surface area contributed by atoms with Crippen LogP contribution in [0.3, 0.4) is 0 Å². The van der Waals surface area contributed by atoms with Gasteiger partial charge in [0, 0.05) is 11.5 Å². The largest absolute Gasteiger partial charge is 0.378 e. The van der Waals surface area contributed by atoms with Crippen LogP contribution >= 0.6 is 0 Å². The number of aromatic amines is 1. The second-order valence-electron chi connectivity index (χ2n) is 4.39. The van der Waals surface area contributed by atoms with Gasteiger partial charge in [0.2, 0.25) is 0 Å². The van der Waals surface area contributed by atoms with E-state index in [1.54, 1.807) is 42.5 Å². The van der Waals surface area contributed by atoms with E-state index in [1.807, 2.05) is 0 Å². The summed E-state index contributed by atoms with van der Waals surface area (Å²) < 4.78 is 29.6. The van der Waals surface area contributed by atoms with Gasteiger partial charge in [-0.05, 0) is 24.3 Å². The van der Waals surface area contributed by atoms with Crippen LogP contribution in [0.25, 0.3) is 10.9 Å². The third-order valence-corrected chi connectivity index (χ3v) is 4.19. The van der Waals surface area contributed by atoms with Gasteiger partial charge in [-0.3, -0.25) is 4.79 Å². The number of pyridine rings is 1. The maximum atomic E-state index is 12.2. The number of para-hydroxylation sites is 1. The SMILES string of the molecule is O=c1cc(OS(=O)(=O)c2ccccc2)c2ccccc2[nH]1. The molecule has 0 unspecified atom stereocenters. The van der Waals surface area contributed by atoms with E-state index in [0.717, 1.165) is 6.07 Å². The van der Waals surface area contributed by atoms with Gasteiger partial charge in [0.05, 0.1) is 5.52 Å². The summed E-state index contributed by atoms with van der Waals surface area (Å²) in [6.07, 6.45) is 0. The van der Waals surface area contributed by atoms with Crippen molar-refractivity contribution in [1.82, 2.24) is 4.98 Å². The van der Waals surface area contributed by atoms with E-state index in [-0.39, 0.29) is 10.6 Å². The molecule has 5 nitrogen and oxygen atoms in total. The number of nitrogens with one attached hydrogen (secondary N) is 1. The molecule has 1 heterocycles. The zero-order valence-corrected chi connectivity index (χ0v) is 11.6. The van der Waals surface area contributed by atoms with Crippen molar-refractivity contribution in [1.29, 1.82) is 0 Å². The molecule has 1 aromatic heterocycles. The average molecular weight is 301 g/mol. The predicted octanol–water partition coefficient (Wildman–Crippen LogP) is 2.30. The standard InChI is InChI=1S/C15H11NO4S/c17-15-10-14(12-8-4-5-9-13(12)16-15)20-21(18,19)11-6-2-1-3-7-11/h1-10H,(H,16,17). The number of benzene rings is 2. The molecule has 0 aliphatic carbocycles. The lowest BCUT2D eigenvalue weighted by atomic mass is 10.2. The molecule has 3 rings (SSSR count). The minimum atomic E-state index is -3.97. The van der Waals surface area contributed by atoms with E-state index >= 15 is 0 Å². The number of fused-ring (bicyclic) bond motifs is 1. The molecule has 0 fully saturated rings. The average Bonchev–Trinajstić information content (AvgIpc) is 2.47. The van der Waals surface area contributed by atoms with Crippen LogP contribution in [-0.4, -0.2) is 13.4 Å². The smallest absolute Gasteiger partial charge is 0.339 e. The first-order chi connectivity index (χ1) is 10.1. The highest BCUT2D eigenvalue weighted by Crippen LogP contribution is 2.25. The van der Waals surface area contributed by atoms with E-state index in [4.69, 9.17) is 4.18 Å². The Hall–Kier alpha value is -2.60. The first-order valence-electron chi connectivity index (χ1n) is 6.18. The molecule has 0 amide bonds. The topological polar surface area (TPSA) is 76.2 Å². The molecule has 2 aromatic carbocycles. The molecule has 21 heavy (non-hydrogen) atoms. The van der Waals surface area contributed by atoms with E-state index in [2.05, 4.69) is 4.98 Å². The van der Waals surface area contributed by atoms with Gasteiger partial charge in [0.15, 0.2) is 5.75 Å². The lowest BCUT2D eigenvalue weighted by Crippen LogP contribution is -2.13. The maximum absolute atomic E-state index is 12.2. The Morgan fingerprint density at radius 3 is 2.33 bits per heavy atom. The Morgan fingerprint density at radius 1 is 0.905 bits per heavy atom. The van der Waals surface area contributed by atoms with Crippen molar-refractivity contribution in [2.24, 2.45) is 0 Å². The van der Waals surface area contributed by atoms with Gasteiger partial charge >= 0.3 is 10.1 Å². The third-order valence-electron chi connectivity index (χ3n) is 2.94. The van der Waals surface area contributed by atoms with E-state index in [9.17, 15) is 13.2 Å². The minimum absolute atomic E-state index is 0.0122. The van der Waals surface area contributed by atoms with Gasteiger partial charge in [-0.1, -0.05) is 30.3 Å². The predicted molar refractivity (Wildman–Crippen MR) is 78.8 cm³/mol. The van der Waals surface area contributed by atoms with E-state index in [1.165, 1.54) is 12.1 Å². The zero-order valence-electron chi connectivity index (χ0n) is 10.8. The summed E-state index contributed by atoms with van der Waals surface area (Å²) in [6, 6.07) is 15.8. The molecule has 0 radical (unpaired) electrons. The van der Waals surface area contributed by atoms with Crippen molar-refractivity contribution in [3.8, 4) is 5.75 Å². The summed E-state index contributed by atoms with van der Waals surface area (Å²) in [5, 5.41) is 0.525. The molecular formula is C15H11NO4S. The zero-order chi connectivity index (χ0) is 14.9. The van der Waals surface area contributed by atoms with Crippen LogP contribution in [0, 0.1) is 0 Å². The molecule has 0 aliphatic rings. The summed E-state index contributed by atoms with van der Waals surface area (Å²) in [4.78, 5) is 14.3. The number of hydrogen-bond donors (Lipinski definition) is 1. The maximum Gasteiger partial charge on any atom is 0.339 e. The summed E-state index contributed by atoms with van der Waals surface area (Å²) in [5.74, 6) is 0.0122. The molecule has 6 heteroatoms. The van der Waals surface area contributed by atoms with Crippen LogP contribution in [0.1, 0.15) is 0 Å². The molecule has 0 aliphatic heterocycles. The number of hydrogen-bond acceptors (Lipinski definition) is 4. The van der Waals surface area contributed by atoms with Crippen molar-refractivity contribution in [3.63, 3.8) is 0 Å². The van der Waals surface area contributed by atoms with Crippen molar-refractivity contribution in [2.75, 3.05) is 0 Å². The first-order valence-corrected chi connectivity index (χ1v) is 7.59. The van der Waals surface area contributed by atoms with E-state index in [0.29, 0.717) is 10.9 Å². The second kappa shape index (κ2) is 5.06. The molecule has 0 saturated carbocycles. The summed E-state index contributed by atoms with van der Waals surface area (Å²) in [7, 11) is -3.97. The molecule has 0 bridgehead atoms.